The maximum absolute atomic E-state index is 6.07. The second-order valence-electron chi connectivity index (χ2n) is 3.59. The van der Waals surface area contributed by atoms with Crippen LogP contribution in [0.2, 0.25) is 0 Å². The Morgan fingerprint density at radius 3 is 2.45 bits per heavy atom. The van der Waals surface area contributed by atoms with Crippen molar-refractivity contribution in [1.29, 1.82) is 0 Å². The fourth-order valence-electron chi connectivity index (χ4n) is 1.83. The molecule has 1 saturated carbocycles. The molecule has 1 rings (SSSR count). The second-order valence-corrected chi connectivity index (χ2v) is 3.59. The predicted octanol–water partition coefficient (Wildman–Crippen LogP) is 1.29. The van der Waals surface area contributed by atoms with Gasteiger partial charge in [-0.25, -0.2) is 0 Å². The Morgan fingerprint density at radius 1 is 1.45 bits per heavy atom. The number of hydrogen-bond acceptors (Lipinski definition) is 2. The first-order chi connectivity index (χ1) is 4.67. The van der Waals surface area contributed by atoms with Gasteiger partial charge in [-0.15, -0.1) is 12.4 Å². The van der Waals surface area contributed by atoms with Gasteiger partial charge in [-0.05, 0) is 26.8 Å². The SMILES string of the molecule is CNC1CCCCC1(C)N.Cl. The van der Waals surface area contributed by atoms with Gasteiger partial charge in [0.25, 0.3) is 0 Å². The zero-order valence-electron chi connectivity index (χ0n) is 7.39. The lowest BCUT2D eigenvalue weighted by atomic mass is 9.80. The van der Waals surface area contributed by atoms with Gasteiger partial charge >= 0.3 is 0 Å². The van der Waals surface area contributed by atoms with Crippen LogP contribution in [-0.4, -0.2) is 18.6 Å². The van der Waals surface area contributed by atoms with Crippen LogP contribution < -0.4 is 11.1 Å². The molecule has 0 radical (unpaired) electrons. The van der Waals surface area contributed by atoms with Crippen molar-refractivity contribution in [2.24, 2.45) is 5.73 Å². The van der Waals surface area contributed by atoms with Crippen molar-refractivity contribution in [3.63, 3.8) is 0 Å². The van der Waals surface area contributed by atoms with Gasteiger partial charge in [-0.3, -0.25) is 0 Å². The van der Waals surface area contributed by atoms with Gasteiger partial charge in [-0.2, -0.15) is 0 Å². The van der Waals surface area contributed by atoms with Gasteiger partial charge in [0.2, 0.25) is 0 Å². The minimum atomic E-state index is 0. The molecule has 1 fully saturated rings. The number of hydrogen-bond donors (Lipinski definition) is 2. The molecule has 1 aliphatic carbocycles. The molecule has 68 valence electrons. The molecular formula is C8H19ClN2. The van der Waals surface area contributed by atoms with Crippen LogP contribution in [0.5, 0.6) is 0 Å². The molecule has 0 bridgehead atoms. The topological polar surface area (TPSA) is 38.0 Å². The molecule has 0 spiro atoms. The molecule has 0 heterocycles. The monoisotopic (exact) mass is 178 g/mol. The standard InChI is InChI=1S/C8H18N2.ClH/c1-8(9)6-4-3-5-7(8)10-2;/h7,10H,3-6,9H2,1-2H3;1H. The molecule has 3 N–H and O–H groups in total. The van der Waals surface area contributed by atoms with E-state index in [9.17, 15) is 0 Å². The maximum atomic E-state index is 6.07. The lowest BCUT2D eigenvalue weighted by Gasteiger charge is -2.38. The van der Waals surface area contributed by atoms with Crippen molar-refractivity contribution in [3.8, 4) is 0 Å². The summed E-state index contributed by atoms with van der Waals surface area (Å²) in [5.74, 6) is 0. The van der Waals surface area contributed by atoms with Gasteiger partial charge in [0, 0.05) is 11.6 Å². The van der Waals surface area contributed by atoms with Gasteiger partial charge in [0.05, 0.1) is 0 Å². The van der Waals surface area contributed by atoms with Crippen LogP contribution >= 0.6 is 12.4 Å². The average Bonchev–Trinajstić information content (AvgIpc) is 1.87. The highest BCUT2D eigenvalue weighted by Gasteiger charge is 2.31. The Labute approximate surface area is 75.3 Å². The molecular weight excluding hydrogens is 160 g/mol. The first-order valence-corrected chi connectivity index (χ1v) is 4.13. The molecule has 2 unspecified atom stereocenters. The van der Waals surface area contributed by atoms with Crippen LogP contribution in [0.1, 0.15) is 32.6 Å². The van der Waals surface area contributed by atoms with Crippen molar-refractivity contribution in [2.45, 2.75) is 44.2 Å². The van der Waals surface area contributed by atoms with E-state index in [0.717, 1.165) is 0 Å². The minimum absolute atomic E-state index is 0. The van der Waals surface area contributed by atoms with Crippen molar-refractivity contribution < 1.29 is 0 Å². The summed E-state index contributed by atoms with van der Waals surface area (Å²) in [5.41, 5.74) is 6.10. The van der Waals surface area contributed by atoms with E-state index in [2.05, 4.69) is 12.2 Å². The Kier molecular flexibility index (Phi) is 4.37. The third kappa shape index (κ3) is 2.62. The zero-order valence-corrected chi connectivity index (χ0v) is 8.21. The predicted molar refractivity (Wildman–Crippen MR) is 51.2 cm³/mol. The maximum Gasteiger partial charge on any atom is 0.0281 e. The normalized spacial score (nSPS) is 37.9. The highest BCUT2D eigenvalue weighted by atomic mass is 35.5. The van der Waals surface area contributed by atoms with Gasteiger partial charge in [0.15, 0.2) is 0 Å². The summed E-state index contributed by atoms with van der Waals surface area (Å²) >= 11 is 0. The number of nitrogens with one attached hydrogen (secondary N) is 1. The van der Waals surface area contributed by atoms with Crippen LogP contribution in [0.25, 0.3) is 0 Å². The summed E-state index contributed by atoms with van der Waals surface area (Å²) in [6.07, 6.45) is 5.03. The molecule has 0 aromatic carbocycles. The third-order valence-electron chi connectivity index (χ3n) is 2.60. The molecule has 3 heteroatoms. The van der Waals surface area contributed by atoms with Crippen molar-refractivity contribution in [2.75, 3.05) is 7.05 Å². The van der Waals surface area contributed by atoms with E-state index in [4.69, 9.17) is 5.73 Å². The zero-order chi connectivity index (χ0) is 7.61. The number of rotatable bonds is 1. The number of halogens is 1. The molecule has 0 saturated heterocycles. The molecule has 0 aliphatic heterocycles. The van der Waals surface area contributed by atoms with E-state index in [1.54, 1.807) is 0 Å². The minimum Gasteiger partial charge on any atom is -0.324 e. The lowest BCUT2D eigenvalue weighted by molar-refractivity contribution is 0.245. The summed E-state index contributed by atoms with van der Waals surface area (Å²) < 4.78 is 0. The molecule has 0 amide bonds. The van der Waals surface area contributed by atoms with Crippen molar-refractivity contribution >= 4 is 12.4 Å². The van der Waals surface area contributed by atoms with Crippen LogP contribution in [0.4, 0.5) is 0 Å². The van der Waals surface area contributed by atoms with E-state index in [0.29, 0.717) is 6.04 Å². The molecule has 2 nitrogen and oxygen atoms in total. The highest BCUT2D eigenvalue weighted by Crippen LogP contribution is 2.25. The van der Waals surface area contributed by atoms with E-state index in [1.807, 2.05) is 7.05 Å². The Balaban J connectivity index is 0.000001000. The Hall–Kier alpha value is 0.210. The van der Waals surface area contributed by atoms with Crippen molar-refractivity contribution in [1.82, 2.24) is 5.32 Å². The van der Waals surface area contributed by atoms with E-state index in [-0.39, 0.29) is 17.9 Å². The van der Waals surface area contributed by atoms with Gasteiger partial charge < -0.3 is 11.1 Å². The summed E-state index contributed by atoms with van der Waals surface area (Å²) in [6.45, 7) is 2.15. The molecule has 2 atom stereocenters. The second kappa shape index (κ2) is 4.29. The van der Waals surface area contributed by atoms with Crippen LogP contribution in [0, 0.1) is 0 Å². The first-order valence-electron chi connectivity index (χ1n) is 4.13. The lowest BCUT2D eigenvalue weighted by Crippen LogP contribution is -2.55. The average molecular weight is 179 g/mol. The highest BCUT2D eigenvalue weighted by molar-refractivity contribution is 5.85. The Morgan fingerprint density at radius 2 is 2.09 bits per heavy atom. The molecule has 0 aromatic rings. The number of nitrogens with two attached hydrogens (primary N) is 1. The summed E-state index contributed by atoms with van der Waals surface area (Å²) in [7, 11) is 2.00. The summed E-state index contributed by atoms with van der Waals surface area (Å²) in [5, 5.41) is 3.27. The van der Waals surface area contributed by atoms with Crippen LogP contribution in [0.3, 0.4) is 0 Å². The largest absolute Gasteiger partial charge is 0.324 e. The first kappa shape index (κ1) is 11.2. The fourth-order valence-corrected chi connectivity index (χ4v) is 1.83. The number of likely N-dealkylation sites (N-methyl/N-ethyl adjacent to an activating group) is 1. The summed E-state index contributed by atoms with van der Waals surface area (Å²) in [6, 6.07) is 0.529. The van der Waals surface area contributed by atoms with Crippen LogP contribution in [0.15, 0.2) is 0 Å². The van der Waals surface area contributed by atoms with Crippen molar-refractivity contribution in [3.05, 3.63) is 0 Å². The van der Waals surface area contributed by atoms with E-state index in [1.165, 1.54) is 25.7 Å². The molecule has 1 aliphatic rings. The smallest absolute Gasteiger partial charge is 0.0281 e. The fraction of sp³-hybridized carbons (Fsp3) is 1.00. The van der Waals surface area contributed by atoms with Gasteiger partial charge in [-0.1, -0.05) is 12.8 Å². The quantitative estimate of drug-likeness (QED) is 0.635. The van der Waals surface area contributed by atoms with Crippen LogP contribution in [-0.2, 0) is 0 Å². The third-order valence-corrected chi connectivity index (χ3v) is 2.60. The summed E-state index contributed by atoms with van der Waals surface area (Å²) in [4.78, 5) is 0. The molecule has 11 heavy (non-hydrogen) atoms. The molecule has 0 aromatic heterocycles. The van der Waals surface area contributed by atoms with E-state index >= 15 is 0 Å². The Bertz CT molecular complexity index is 115. The van der Waals surface area contributed by atoms with Gasteiger partial charge in [0.1, 0.15) is 0 Å². The van der Waals surface area contributed by atoms with E-state index < -0.39 is 0 Å².